The van der Waals surface area contributed by atoms with E-state index in [0.29, 0.717) is 0 Å². The first-order chi connectivity index (χ1) is 8.97. The number of nitrogens with one attached hydrogen (secondary N) is 1. The van der Waals surface area contributed by atoms with Crippen LogP contribution in [0, 0.1) is 6.92 Å². The van der Waals surface area contributed by atoms with Crippen molar-refractivity contribution >= 4 is 0 Å². The Morgan fingerprint density at radius 1 is 1.16 bits per heavy atom. The number of aromatic nitrogens is 4. The van der Waals surface area contributed by atoms with Gasteiger partial charge in [0.15, 0.2) is 5.82 Å². The van der Waals surface area contributed by atoms with Gasteiger partial charge in [0, 0.05) is 6.42 Å². The van der Waals surface area contributed by atoms with Crippen molar-refractivity contribution in [3.8, 4) is 0 Å². The minimum atomic E-state index is 0.204. The predicted octanol–water partition coefficient (Wildman–Crippen LogP) is 2.98. The molecule has 0 amide bonds. The Morgan fingerprint density at radius 3 is 2.58 bits per heavy atom. The molecule has 0 fully saturated rings. The van der Waals surface area contributed by atoms with Crippen LogP contribution in [0.3, 0.4) is 0 Å². The molecule has 0 aliphatic carbocycles. The molecule has 4 heteroatoms. The summed E-state index contributed by atoms with van der Waals surface area (Å²) < 4.78 is 0. The monoisotopic (exact) mass is 258 g/mol. The molecule has 1 aromatic heterocycles. The largest absolute Gasteiger partial charge is 0.177 e. The molecule has 0 bridgehead atoms. The minimum absolute atomic E-state index is 0.204. The molecule has 19 heavy (non-hydrogen) atoms. The second-order valence-electron chi connectivity index (χ2n) is 6.07. The number of aromatic amines is 1. The zero-order valence-electron chi connectivity index (χ0n) is 12.2. The fourth-order valence-corrected chi connectivity index (χ4v) is 2.13. The van der Waals surface area contributed by atoms with Gasteiger partial charge in [-0.3, -0.25) is 0 Å². The Bertz CT molecular complexity index is 524. The van der Waals surface area contributed by atoms with Gasteiger partial charge in [-0.05, 0) is 41.9 Å². The molecule has 0 aliphatic rings. The molecule has 0 aliphatic heterocycles. The van der Waals surface area contributed by atoms with Gasteiger partial charge in [0.2, 0.25) is 0 Å². The van der Waals surface area contributed by atoms with Crippen LogP contribution in [-0.4, -0.2) is 20.6 Å². The summed E-state index contributed by atoms with van der Waals surface area (Å²) in [6.07, 6.45) is 2.98. The molecule has 1 aromatic carbocycles. The molecule has 4 nitrogen and oxygen atoms in total. The quantitative estimate of drug-likeness (QED) is 0.917. The maximum Gasteiger partial charge on any atom is 0.174 e. The van der Waals surface area contributed by atoms with Crippen LogP contribution in [0.25, 0.3) is 0 Å². The van der Waals surface area contributed by atoms with Crippen molar-refractivity contribution in [3.05, 3.63) is 40.7 Å². The van der Waals surface area contributed by atoms with E-state index < -0.39 is 0 Å². The summed E-state index contributed by atoms with van der Waals surface area (Å²) in [4.78, 5) is 0. The Kier molecular flexibility index (Phi) is 3.98. The number of benzene rings is 1. The molecule has 0 saturated carbocycles. The molecular formula is C15H22N4. The van der Waals surface area contributed by atoms with Crippen molar-refractivity contribution in [2.24, 2.45) is 0 Å². The lowest BCUT2D eigenvalue weighted by atomic mass is 9.84. The van der Waals surface area contributed by atoms with Crippen LogP contribution in [0.5, 0.6) is 0 Å². The summed E-state index contributed by atoms with van der Waals surface area (Å²) in [6.45, 7) is 8.93. The zero-order valence-corrected chi connectivity index (χ0v) is 12.2. The number of hydrogen-bond donors (Lipinski definition) is 1. The van der Waals surface area contributed by atoms with E-state index in [1.807, 2.05) is 0 Å². The maximum absolute atomic E-state index is 3.98. The third kappa shape index (κ3) is 3.63. The van der Waals surface area contributed by atoms with E-state index in [0.717, 1.165) is 25.1 Å². The third-order valence-electron chi connectivity index (χ3n) is 3.45. The molecule has 0 spiro atoms. The normalized spacial score (nSPS) is 11.8. The van der Waals surface area contributed by atoms with Crippen LogP contribution in [0.2, 0.25) is 0 Å². The Balaban J connectivity index is 2.03. The van der Waals surface area contributed by atoms with Crippen molar-refractivity contribution < 1.29 is 0 Å². The van der Waals surface area contributed by atoms with Crippen LogP contribution in [0.4, 0.5) is 0 Å². The highest BCUT2D eigenvalue weighted by Crippen LogP contribution is 2.25. The number of tetrazole rings is 1. The van der Waals surface area contributed by atoms with E-state index in [9.17, 15) is 0 Å². The summed E-state index contributed by atoms with van der Waals surface area (Å²) in [5.41, 5.74) is 4.39. The van der Waals surface area contributed by atoms with Gasteiger partial charge >= 0.3 is 0 Å². The van der Waals surface area contributed by atoms with E-state index in [-0.39, 0.29) is 5.41 Å². The van der Waals surface area contributed by atoms with Crippen LogP contribution >= 0.6 is 0 Å². The zero-order chi connectivity index (χ0) is 13.9. The number of H-pyrrole nitrogens is 1. The van der Waals surface area contributed by atoms with Gasteiger partial charge in [0.05, 0.1) is 0 Å². The lowest BCUT2D eigenvalue weighted by molar-refractivity contribution is 0.588. The van der Waals surface area contributed by atoms with E-state index in [4.69, 9.17) is 0 Å². The fourth-order valence-electron chi connectivity index (χ4n) is 2.13. The SMILES string of the molecule is Cc1ccc(C(C)(C)C)cc1CCCc1nn[nH]n1. The first kappa shape index (κ1) is 13.7. The van der Waals surface area contributed by atoms with Crippen LogP contribution < -0.4 is 0 Å². The summed E-state index contributed by atoms with van der Waals surface area (Å²) in [7, 11) is 0. The lowest BCUT2D eigenvalue weighted by Crippen LogP contribution is -2.11. The average molecular weight is 258 g/mol. The van der Waals surface area contributed by atoms with Gasteiger partial charge in [0.1, 0.15) is 0 Å². The van der Waals surface area contributed by atoms with Gasteiger partial charge < -0.3 is 0 Å². The minimum Gasteiger partial charge on any atom is -0.177 e. The van der Waals surface area contributed by atoms with Gasteiger partial charge in [-0.15, -0.1) is 10.2 Å². The summed E-state index contributed by atoms with van der Waals surface area (Å²) >= 11 is 0. The first-order valence-electron chi connectivity index (χ1n) is 6.79. The molecule has 102 valence electrons. The molecule has 0 saturated heterocycles. The van der Waals surface area contributed by atoms with E-state index in [1.165, 1.54) is 16.7 Å². The summed E-state index contributed by atoms with van der Waals surface area (Å²) in [5, 5.41) is 14.0. The third-order valence-corrected chi connectivity index (χ3v) is 3.45. The van der Waals surface area contributed by atoms with Crippen LogP contribution in [0.1, 0.15) is 49.7 Å². The summed E-state index contributed by atoms with van der Waals surface area (Å²) in [6, 6.07) is 6.80. The molecule has 1 heterocycles. The number of aryl methyl sites for hydroxylation is 3. The second-order valence-corrected chi connectivity index (χ2v) is 6.07. The number of hydrogen-bond acceptors (Lipinski definition) is 3. The number of rotatable bonds is 4. The van der Waals surface area contributed by atoms with Crippen molar-refractivity contribution in [2.75, 3.05) is 0 Å². The molecule has 0 unspecified atom stereocenters. The molecule has 0 radical (unpaired) electrons. The van der Waals surface area contributed by atoms with E-state index in [1.54, 1.807) is 0 Å². The highest BCUT2D eigenvalue weighted by Gasteiger charge is 2.14. The van der Waals surface area contributed by atoms with Crippen LogP contribution in [-0.2, 0) is 18.3 Å². The highest BCUT2D eigenvalue weighted by molar-refractivity contribution is 5.34. The number of nitrogens with zero attached hydrogens (tertiary/aromatic N) is 3. The average Bonchev–Trinajstić information content (AvgIpc) is 2.83. The fraction of sp³-hybridized carbons (Fsp3) is 0.533. The molecule has 1 N–H and O–H groups in total. The van der Waals surface area contributed by atoms with E-state index >= 15 is 0 Å². The van der Waals surface area contributed by atoms with Crippen molar-refractivity contribution in [1.29, 1.82) is 0 Å². The van der Waals surface area contributed by atoms with Gasteiger partial charge in [0.25, 0.3) is 0 Å². The summed E-state index contributed by atoms with van der Waals surface area (Å²) in [5.74, 6) is 0.796. The molecular weight excluding hydrogens is 236 g/mol. The van der Waals surface area contributed by atoms with Crippen molar-refractivity contribution in [3.63, 3.8) is 0 Å². The molecule has 2 rings (SSSR count). The lowest BCUT2D eigenvalue weighted by Gasteiger charge is -2.20. The molecule has 2 aromatic rings. The first-order valence-corrected chi connectivity index (χ1v) is 6.79. The maximum atomic E-state index is 3.98. The van der Waals surface area contributed by atoms with E-state index in [2.05, 4.69) is 66.5 Å². The Hall–Kier alpha value is -1.71. The van der Waals surface area contributed by atoms with Crippen molar-refractivity contribution in [2.45, 2.75) is 52.4 Å². The molecule has 0 atom stereocenters. The standard InChI is InChI=1S/C15H22N4/c1-11-8-9-13(15(2,3)4)10-12(11)6-5-7-14-16-18-19-17-14/h8-10H,5-7H2,1-4H3,(H,16,17,18,19). The van der Waals surface area contributed by atoms with Crippen molar-refractivity contribution in [1.82, 2.24) is 20.6 Å². The predicted molar refractivity (Wildman–Crippen MR) is 76.1 cm³/mol. The Morgan fingerprint density at radius 2 is 1.95 bits per heavy atom. The smallest absolute Gasteiger partial charge is 0.174 e. The van der Waals surface area contributed by atoms with Gasteiger partial charge in [-0.1, -0.05) is 44.2 Å². The van der Waals surface area contributed by atoms with Gasteiger partial charge in [-0.25, -0.2) is 0 Å². The second kappa shape index (κ2) is 5.51. The highest BCUT2D eigenvalue weighted by atomic mass is 15.5. The Labute approximate surface area is 114 Å². The van der Waals surface area contributed by atoms with Crippen LogP contribution in [0.15, 0.2) is 18.2 Å². The topological polar surface area (TPSA) is 54.5 Å². The van der Waals surface area contributed by atoms with Gasteiger partial charge in [-0.2, -0.15) is 5.21 Å².